The second kappa shape index (κ2) is 6.97. The molecule has 0 aliphatic carbocycles. The Morgan fingerprint density at radius 3 is 2.35 bits per heavy atom. The van der Waals surface area contributed by atoms with Gasteiger partial charge >= 0.3 is 0 Å². The third-order valence-electron chi connectivity index (χ3n) is 3.85. The number of sulfone groups is 1. The van der Waals surface area contributed by atoms with Crippen LogP contribution in [0.2, 0.25) is 5.02 Å². The molecule has 0 bridgehead atoms. The van der Waals surface area contributed by atoms with E-state index >= 15 is 0 Å². The smallest absolute Gasteiger partial charge is 0.227 e. The molecule has 1 aromatic heterocycles. The number of methoxy groups -OCH3 is 2. The second-order valence-electron chi connectivity index (χ2n) is 5.39. The summed E-state index contributed by atoms with van der Waals surface area (Å²) in [5, 5.41) is 8.20. The molecule has 0 fully saturated rings. The maximum atomic E-state index is 12.9. The van der Waals surface area contributed by atoms with Gasteiger partial charge in [0.05, 0.1) is 24.8 Å². The van der Waals surface area contributed by atoms with Crippen molar-refractivity contribution in [3.8, 4) is 17.2 Å². The Morgan fingerprint density at radius 2 is 1.73 bits per heavy atom. The highest BCUT2D eigenvalue weighted by Gasteiger charge is 2.26. The fourth-order valence-electron chi connectivity index (χ4n) is 2.49. The maximum absolute atomic E-state index is 12.9. The molecule has 0 aliphatic heterocycles. The van der Waals surface area contributed by atoms with Gasteiger partial charge in [0.1, 0.15) is 17.2 Å². The lowest BCUT2D eigenvalue weighted by molar-refractivity contribution is 0.411. The lowest BCUT2D eigenvalue weighted by Crippen LogP contribution is -2.06. The van der Waals surface area contributed by atoms with Crippen molar-refractivity contribution < 1.29 is 17.9 Å². The van der Waals surface area contributed by atoms with E-state index in [4.69, 9.17) is 21.1 Å². The molecule has 7 nitrogen and oxygen atoms in total. The number of halogens is 1. The maximum Gasteiger partial charge on any atom is 0.227 e. The van der Waals surface area contributed by atoms with Crippen molar-refractivity contribution >= 4 is 21.4 Å². The number of hydrogen-bond donors (Lipinski definition) is 0. The van der Waals surface area contributed by atoms with E-state index in [0.717, 1.165) is 0 Å². The van der Waals surface area contributed by atoms with E-state index in [2.05, 4.69) is 10.3 Å². The van der Waals surface area contributed by atoms with Gasteiger partial charge in [-0.25, -0.2) is 13.1 Å². The number of rotatable bonds is 5. The van der Waals surface area contributed by atoms with E-state index in [9.17, 15) is 8.42 Å². The van der Waals surface area contributed by atoms with Crippen molar-refractivity contribution in [1.29, 1.82) is 0 Å². The van der Waals surface area contributed by atoms with E-state index < -0.39 is 9.84 Å². The van der Waals surface area contributed by atoms with Crippen LogP contribution in [0.15, 0.2) is 52.4 Å². The van der Waals surface area contributed by atoms with Crippen LogP contribution in [0.25, 0.3) is 5.69 Å². The van der Waals surface area contributed by atoms with E-state index in [-0.39, 0.29) is 9.92 Å². The van der Waals surface area contributed by atoms with Crippen molar-refractivity contribution in [2.45, 2.75) is 16.8 Å². The van der Waals surface area contributed by atoms with Crippen LogP contribution < -0.4 is 9.47 Å². The molecule has 0 unspecified atom stereocenters. The third kappa shape index (κ3) is 3.13. The summed E-state index contributed by atoms with van der Waals surface area (Å²) < 4.78 is 37.6. The fourth-order valence-corrected chi connectivity index (χ4v) is 3.99. The first-order chi connectivity index (χ1) is 12.4. The predicted octanol–water partition coefficient (Wildman–Crippen LogP) is 3.08. The molecule has 0 atom stereocenters. The number of hydrogen-bond acceptors (Lipinski definition) is 6. The van der Waals surface area contributed by atoms with Gasteiger partial charge in [-0.2, -0.15) is 0 Å². The largest absolute Gasteiger partial charge is 0.497 e. The van der Waals surface area contributed by atoms with E-state index in [1.165, 1.54) is 31.0 Å². The molecule has 0 saturated carbocycles. The Morgan fingerprint density at radius 1 is 1.04 bits per heavy atom. The van der Waals surface area contributed by atoms with Crippen LogP contribution >= 0.6 is 11.6 Å². The van der Waals surface area contributed by atoms with Crippen LogP contribution in [-0.2, 0) is 9.84 Å². The van der Waals surface area contributed by atoms with Gasteiger partial charge in [-0.3, -0.25) is 0 Å². The number of ether oxygens (including phenoxy) is 2. The Kier molecular flexibility index (Phi) is 4.88. The van der Waals surface area contributed by atoms with Crippen LogP contribution in [0.3, 0.4) is 0 Å². The fraction of sp³-hybridized carbons (Fsp3) is 0.176. The van der Waals surface area contributed by atoms with Crippen molar-refractivity contribution in [2.75, 3.05) is 14.2 Å². The van der Waals surface area contributed by atoms with Gasteiger partial charge in [-0.15, -0.1) is 5.10 Å². The molecule has 0 radical (unpaired) electrons. The molecule has 3 rings (SSSR count). The summed E-state index contributed by atoms with van der Waals surface area (Å²) in [5.74, 6) is 1.06. The van der Waals surface area contributed by atoms with Crippen molar-refractivity contribution in [2.24, 2.45) is 0 Å². The van der Waals surface area contributed by atoms with Gasteiger partial charge in [0.15, 0.2) is 0 Å². The summed E-state index contributed by atoms with van der Waals surface area (Å²) in [5.41, 5.74) is 0.850. The summed E-state index contributed by atoms with van der Waals surface area (Å²) in [6.45, 7) is 1.62. The summed E-state index contributed by atoms with van der Waals surface area (Å²) in [6, 6.07) is 11.1. The van der Waals surface area contributed by atoms with Crippen LogP contribution in [-0.4, -0.2) is 37.6 Å². The van der Waals surface area contributed by atoms with Crippen LogP contribution in [0.4, 0.5) is 0 Å². The minimum Gasteiger partial charge on any atom is -0.497 e. The topological polar surface area (TPSA) is 83.3 Å². The summed E-state index contributed by atoms with van der Waals surface area (Å²) >= 11 is 6.05. The van der Waals surface area contributed by atoms with Crippen molar-refractivity contribution in [3.05, 3.63) is 53.2 Å². The van der Waals surface area contributed by atoms with Gasteiger partial charge in [-0.05, 0) is 49.4 Å². The molecule has 0 saturated heterocycles. The molecule has 136 valence electrons. The Balaban J connectivity index is 2.10. The highest BCUT2D eigenvalue weighted by Crippen LogP contribution is 2.30. The quantitative estimate of drug-likeness (QED) is 0.662. The first kappa shape index (κ1) is 18.2. The molecule has 0 spiro atoms. The first-order valence-electron chi connectivity index (χ1n) is 7.54. The summed E-state index contributed by atoms with van der Waals surface area (Å²) in [7, 11) is -0.816. The molecule has 0 aliphatic rings. The van der Waals surface area contributed by atoms with E-state index in [1.54, 1.807) is 37.3 Å². The van der Waals surface area contributed by atoms with Gasteiger partial charge in [0.2, 0.25) is 14.9 Å². The monoisotopic (exact) mass is 393 g/mol. The van der Waals surface area contributed by atoms with E-state index in [0.29, 0.717) is 27.9 Å². The standard InChI is InChI=1S/C17H16ClN3O4S/c1-11-17(26(22,23)14-7-5-13(24-2)6-8-14)19-20-21(11)15-10-12(18)4-9-16(15)25-3/h4-10H,1-3H3. The molecule has 0 amide bonds. The zero-order chi connectivity index (χ0) is 18.9. The molecule has 26 heavy (non-hydrogen) atoms. The normalized spacial score (nSPS) is 11.4. The van der Waals surface area contributed by atoms with Gasteiger partial charge < -0.3 is 9.47 Å². The highest BCUT2D eigenvalue weighted by molar-refractivity contribution is 7.91. The number of benzene rings is 2. The zero-order valence-electron chi connectivity index (χ0n) is 14.3. The van der Waals surface area contributed by atoms with Gasteiger partial charge in [-0.1, -0.05) is 16.8 Å². The summed E-state index contributed by atoms with van der Waals surface area (Å²) in [6.07, 6.45) is 0. The number of aromatic nitrogens is 3. The Bertz CT molecular complexity index is 1050. The van der Waals surface area contributed by atoms with Crippen molar-refractivity contribution in [1.82, 2.24) is 15.0 Å². The lowest BCUT2D eigenvalue weighted by Gasteiger charge is -2.10. The van der Waals surface area contributed by atoms with Crippen LogP contribution in [0, 0.1) is 6.92 Å². The van der Waals surface area contributed by atoms with Gasteiger partial charge in [0.25, 0.3) is 0 Å². The highest BCUT2D eigenvalue weighted by atomic mass is 35.5. The van der Waals surface area contributed by atoms with Crippen molar-refractivity contribution in [3.63, 3.8) is 0 Å². The molecule has 9 heteroatoms. The Hall–Kier alpha value is -2.58. The van der Waals surface area contributed by atoms with Gasteiger partial charge in [0, 0.05) is 5.02 Å². The molecule has 3 aromatic rings. The molecule has 1 heterocycles. The SMILES string of the molecule is COc1ccc(S(=O)(=O)c2nnn(-c3cc(Cl)ccc3OC)c2C)cc1. The minimum absolute atomic E-state index is 0.103. The minimum atomic E-state index is -3.84. The average molecular weight is 394 g/mol. The summed E-state index contributed by atoms with van der Waals surface area (Å²) in [4.78, 5) is 0.103. The van der Waals surface area contributed by atoms with E-state index in [1.807, 2.05) is 0 Å². The zero-order valence-corrected chi connectivity index (χ0v) is 15.9. The second-order valence-corrected chi connectivity index (χ2v) is 7.69. The lowest BCUT2D eigenvalue weighted by atomic mass is 10.3. The molecular formula is C17H16ClN3O4S. The number of nitrogens with zero attached hydrogens (tertiary/aromatic N) is 3. The Labute approximate surface area is 156 Å². The average Bonchev–Trinajstić information content (AvgIpc) is 3.03. The molecule has 0 N–H and O–H groups in total. The predicted molar refractivity (Wildman–Crippen MR) is 96.1 cm³/mol. The molecule has 2 aromatic carbocycles. The third-order valence-corrected chi connectivity index (χ3v) is 5.86. The first-order valence-corrected chi connectivity index (χ1v) is 9.40. The van der Waals surface area contributed by atoms with Crippen LogP contribution in [0.5, 0.6) is 11.5 Å². The molecular weight excluding hydrogens is 378 g/mol. The van der Waals surface area contributed by atoms with Crippen LogP contribution in [0.1, 0.15) is 5.69 Å².